The molecule has 1 nitrogen and oxygen atoms in total. The van der Waals surface area contributed by atoms with Gasteiger partial charge in [0.2, 0.25) is 0 Å². The minimum atomic E-state index is -0.911. The first-order chi connectivity index (χ1) is 3.81. The SMILES string of the molecule is C#CCC[C@H](F)CN. The van der Waals surface area contributed by atoms with Crippen LogP contribution >= 0.6 is 0 Å². The molecular formula is C6H10FN. The van der Waals surface area contributed by atoms with Gasteiger partial charge in [0.25, 0.3) is 0 Å². The average Bonchev–Trinajstić information content (AvgIpc) is 1.83. The number of hydrogen-bond acceptors (Lipinski definition) is 1. The van der Waals surface area contributed by atoms with Crippen molar-refractivity contribution < 1.29 is 4.39 Å². The van der Waals surface area contributed by atoms with Crippen molar-refractivity contribution >= 4 is 0 Å². The first-order valence-corrected chi connectivity index (χ1v) is 2.59. The molecule has 1 atom stereocenters. The lowest BCUT2D eigenvalue weighted by Crippen LogP contribution is -2.14. The number of rotatable bonds is 3. The standard InChI is InChI=1S/C6H10FN/c1-2-3-4-6(7)5-8/h1,6H,3-5,8H2/t6-/m0/s1. The Bertz CT molecular complexity index is 85.0. The Hall–Kier alpha value is -0.550. The van der Waals surface area contributed by atoms with Gasteiger partial charge in [0.1, 0.15) is 6.17 Å². The highest BCUT2D eigenvalue weighted by molar-refractivity contribution is 4.84. The van der Waals surface area contributed by atoms with Crippen molar-refractivity contribution in [3.8, 4) is 12.3 Å². The number of alkyl halides is 1. The molecule has 0 aliphatic carbocycles. The van der Waals surface area contributed by atoms with E-state index in [1.807, 2.05) is 0 Å². The van der Waals surface area contributed by atoms with Crippen molar-refractivity contribution in [1.29, 1.82) is 0 Å². The van der Waals surface area contributed by atoms with E-state index in [4.69, 9.17) is 12.2 Å². The van der Waals surface area contributed by atoms with Gasteiger partial charge in [-0.05, 0) is 6.42 Å². The molecule has 0 radical (unpaired) electrons. The monoisotopic (exact) mass is 115 g/mol. The summed E-state index contributed by atoms with van der Waals surface area (Å²) in [4.78, 5) is 0. The highest BCUT2D eigenvalue weighted by Gasteiger charge is 1.99. The molecule has 0 saturated carbocycles. The van der Waals surface area contributed by atoms with Gasteiger partial charge in [-0.1, -0.05) is 0 Å². The fourth-order valence-electron chi connectivity index (χ4n) is 0.358. The largest absolute Gasteiger partial charge is 0.328 e. The van der Waals surface area contributed by atoms with Crippen molar-refractivity contribution in [2.24, 2.45) is 5.73 Å². The second-order valence-electron chi connectivity index (χ2n) is 1.58. The van der Waals surface area contributed by atoms with Gasteiger partial charge in [0.15, 0.2) is 0 Å². The summed E-state index contributed by atoms with van der Waals surface area (Å²) in [6.45, 7) is 0.0850. The van der Waals surface area contributed by atoms with Crippen LogP contribution in [0.15, 0.2) is 0 Å². The third-order valence-corrected chi connectivity index (χ3v) is 0.858. The maximum Gasteiger partial charge on any atom is 0.113 e. The highest BCUT2D eigenvalue weighted by atomic mass is 19.1. The van der Waals surface area contributed by atoms with E-state index in [-0.39, 0.29) is 6.54 Å². The van der Waals surface area contributed by atoms with E-state index >= 15 is 0 Å². The van der Waals surface area contributed by atoms with Crippen LogP contribution in [0.1, 0.15) is 12.8 Å². The van der Waals surface area contributed by atoms with E-state index < -0.39 is 6.17 Å². The molecule has 0 amide bonds. The van der Waals surface area contributed by atoms with E-state index in [9.17, 15) is 4.39 Å². The van der Waals surface area contributed by atoms with Crippen molar-refractivity contribution in [3.63, 3.8) is 0 Å². The van der Waals surface area contributed by atoms with E-state index in [2.05, 4.69) is 5.92 Å². The molecule has 2 heteroatoms. The molecule has 0 aromatic rings. The molecule has 0 aromatic heterocycles. The Kier molecular flexibility index (Phi) is 4.29. The van der Waals surface area contributed by atoms with Crippen LogP contribution in [-0.2, 0) is 0 Å². The maximum atomic E-state index is 12.1. The molecule has 0 unspecified atom stereocenters. The average molecular weight is 115 g/mol. The number of halogens is 1. The van der Waals surface area contributed by atoms with Crippen molar-refractivity contribution in [2.75, 3.05) is 6.54 Å². The summed E-state index contributed by atoms with van der Waals surface area (Å²) in [5, 5.41) is 0. The van der Waals surface area contributed by atoms with Gasteiger partial charge in [0, 0.05) is 13.0 Å². The molecule has 0 aliphatic rings. The summed E-state index contributed by atoms with van der Waals surface area (Å²) in [7, 11) is 0. The fraction of sp³-hybridized carbons (Fsp3) is 0.667. The van der Waals surface area contributed by atoms with Crippen LogP contribution in [0.3, 0.4) is 0 Å². The van der Waals surface area contributed by atoms with Gasteiger partial charge >= 0.3 is 0 Å². The fourth-order valence-corrected chi connectivity index (χ4v) is 0.358. The molecule has 0 spiro atoms. The summed E-state index contributed by atoms with van der Waals surface area (Å²) in [5.74, 6) is 2.34. The quantitative estimate of drug-likeness (QED) is 0.538. The number of terminal acetylenes is 1. The van der Waals surface area contributed by atoms with Gasteiger partial charge in [-0.25, -0.2) is 4.39 Å². The summed E-state index contributed by atoms with van der Waals surface area (Å²) in [6.07, 6.45) is 4.84. The molecular weight excluding hydrogens is 105 g/mol. The minimum absolute atomic E-state index is 0.0850. The summed E-state index contributed by atoms with van der Waals surface area (Å²) in [6, 6.07) is 0. The number of nitrogens with two attached hydrogens (primary N) is 1. The topological polar surface area (TPSA) is 26.0 Å². The summed E-state index contributed by atoms with van der Waals surface area (Å²) >= 11 is 0. The molecule has 0 aromatic carbocycles. The van der Waals surface area contributed by atoms with Crippen molar-refractivity contribution in [1.82, 2.24) is 0 Å². The molecule has 0 aliphatic heterocycles. The zero-order chi connectivity index (χ0) is 6.41. The smallest absolute Gasteiger partial charge is 0.113 e. The Labute approximate surface area is 49.1 Å². The zero-order valence-corrected chi connectivity index (χ0v) is 4.73. The maximum absolute atomic E-state index is 12.1. The van der Waals surface area contributed by atoms with Gasteiger partial charge < -0.3 is 5.73 Å². The lowest BCUT2D eigenvalue weighted by atomic mass is 10.2. The van der Waals surface area contributed by atoms with Gasteiger partial charge in [-0.15, -0.1) is 12.3 Å². The molecule has 0 fully saturated rings. The Morgan fingerprint density at radius 3 is 2.75 bits per heavy atom. The van der Waals surface area contributed by atoms with E-state index in [0.29, 0.717) is 12.8 Å². The first-order valence-electron chi connectivity index (χ1n) is 2.59. The number of hydrogen-bond donors (Lipinski definition) is 1. The molecule has 2 N–H and O–H groups in total. The zero-order valence-electron chi connectivity index (χ0n) is 4.73. The Morgan fingerprint density at radius 2 is 2.38 bits per heavy atom. The van der Waals surface area contributed by atoms with Crippen LogP contribution in [-0.4, -0.2) is 12.7 Å². The van der Waals surface area contributed by atoms with Gasteiger partial charge in [-0.2, -0.15) is 0 Å². The van der Waals surface area contributed by atoms with Gasteiger partial charge in [0.05, 0.1) is 0 Å². The predicted octanol–water partition coefficient (Wildman–Crippen LogP) is 0.697. The van der Waals surface area contributed by atoms with Crippen LogP contribution in [0, 0.1) is 12.3 Å². The summed E-state index contributed by atoms with van der Waals surface area (Å²) < 4.78 is 12.1. The lowest BCUT2D eigenvalue weighted by Gasteiger charge is -1.98. The van der Waals surface area contributed by atoms with Crippen molar-refractivity contribution in [3.05, 3.63) is 0 Å². The second kappa shape index (κ2) is 4.61. The third-order valence-electron chi connectivity index (χ3n) is 0.858. The molecule has 46 valence electrons. The first kappa shape index (κ1) is 7.45. The molecule has 0 heterocycles. The normalized spacial score (nSPS) is 12.6. The van der Waals surface area contributed by atoms with E-state index in [1.54, 1.807) is 0 Å². The second-order valence-corrected chi connectivity index (χ2v) is 1.58. The molecule has 8 heavy (non-hydrogen) atoms. The van der Waals surface area contributed by atoms with Crippen LogP contribution in [0.25, 0.3) is 0 Å². The minimum Gasteiger partial charge on any atom is -0.328 e. The van der Waals surface area contributed by atoms with E-state index in [1.165, 1.54) is 0 Å². The van der Waals surface area contributed by atoms with Crippen LogP contribution in [0.4, 0.5) is 4.39 Å². The van der Waals surface area contributed by atoms with Crippen molar-refractivity contribution in [2.45, 2.75) is 19.0 Å². The molecule has 0 bridgehead atoms. The van der Waals surface area contributed by atoms with Crippen LogP contribution in [0.5, 0.6) is 0 Å². The third kappa shape index (κ3) is 3.63. The van der Waals surface area contributed by atoms with Crippen LogP contribution in [0.2, 0.25) is 0 Å². The summed E-state index contributed by atoms with van der Waals surface area (Å²) in [5.41, 5.74) is 4.97. The van der Waals surface area contributed by atoms with Crippen LogP contribution < -0.4 is 5.73 Å². The highest BCUT2D eigenvalue weighted by Crippen LogP contribution is 1.97. The predicted molar refractivity (Wildman–Crippen MR) is 32.0 cm³/mol. The van der Waals surface area contributed by atoms with Gasteiger partial charge in [-0.3, -0.25) is 0 Å². The Balaban J connectivity index is 3.01. The van der Waals surface area contributed by atoms with E-state index in [0.717, 1.165) is 0 Å². The molecule has 0 saturated heterocycles. The lowest BCUT2D eigenvalue weighted by molar-refractivity contribution is 0.326. The Morgan fingerprint density at radius 1 is 1.75 bits per heavy atom. The molecule has 0 rings (SSSR count).